The van der Waals surface area contributed by atoms with Gasteiger partial charge in [0.25, 0.3) is 0 Å². The van der Waals surface area contributed by atoms with Gasteiger partial charge in [-0.3, -0.25) is 14.5 Å². The predicted molar refractivity (Wildman–Crippen MR) is 115 cm³/mol. The van der Waals surface area contributed by atoms with Crippen molar-refractivity contribution < 1.29 is 22.4 Å². The van der Waals surface area contributed by atoms with Crippen LogP contribution in [-0.2, 0) is 32.6 Å². The predicted octanol–water partition coefficient (Wildman–Crippen LogP) is 2.44. The molecule has 0 unspecified atom stereocenters. The van der Waals surface area contributed by atoms with Crippen LogP contribution in [-0.4, -0.2) is 43.7 Å². The van der Waals surface area contributed by atoms with Crippen LogP contribution in [0.4, 0.5) is 5.69 Å². The standard InChI is InChI=1S/C22H27N3O5S/c1-16(26)25-20-9-8-19(31(28,29)24-10-4-2-3-5-11-24)13-17(20)14-21(25)22(27)23-15-18-7-6-12-30-18/h6-9,12-13,21H,2-5,10-11,14-15H2,1H3,(H,23,27)/t21-/m1/s1. The maximum Gasteiger partial charge on any atom is 0.243 e. The summed E-state index contributed by atoms with van der Waals surface area (Å²) in [7, 11) is -3.61. The lowest BCUT2D eigenvalue weighted by atomic mass is 10.1. The highest BCUT2D eigenvalue weighted by atomic mass is 32.2. The van der Waals surface area contributed by atoms with E-state index in [0.717, 1.165) is 25.7 Å². The summed E-state index contributed by atoms with van der Waals surface area (Å²) in [6.07, 6.45) is 5.60. The third-order valence-corrected chi connectivity index (χ3v) is 7.79. The van der Waals surface area contributed by atoms with E-state index >= 15 is 0 Å². The Morgan fingerprint density at radius 1 is 1.13 bits per heavy atom. The average Bonchev–Trinajstić information content (AvgIpc) is 3.31. The molecule has 1 N–H and O–H groups in total. The molecule has 2 aliphatic rings. The maximum atomic E-state index is 13.2. The Balaban J connectivity index is 1.56. The fourth-order valence-electron chi connectivity index (χ4n) is 4.32. The molecule has 0 radical (unpaired) electrons. The molecule has 0 bridgehead atoms. The van der Waals surface area contributed by atoms with E-state index in [2.05, 4.69) is 5.32 Å². The normalized spacial score (nSPS) is 19.6. The number of benzene rings is 1. The van der Waals surface area contributed by atoms with Crippen molar-refractivity contribution in [3.63, 3.8) is 0 Å². The Hall–Kier alpha value is -2.65. The van der Waals surface area contributed by atoms with Crippen molar-refractivity contribution >= 4 is 27.5 Å². The zero-order valence-electron chi connectivity index (χ0n) is 17.5. The van der Waals surface area contributed by atoms with Gasteiger partial charge >= 0.3 is 0 Å². The first-order valence-corrected chi connectivity index (χ1v) is 12.0. The van der Waals surface area contributed by atoms with E-state index in [-0.39, 0.29) is 29.7 Å². The lowest BCUT2D eigenvalue weighted by molar-refractivity contribution is -0.125. The van der Waals surface area contributed by atoms with Crippen LogP contribution in [0.2, 0.25) is 0 Å². The van der Waals surface area contributed by atoms with Gasteiger partial charge in [0.1, 0.15) is 11.8 Å². The quantitative estimate of drug-likeness (QED) is 0.762. The van der Waals surface area contributed by atoms with Gasteiger partial charge in [0.15, 0.2) is 0 Å². The number of hydrogen-bond donors (Lipinski definition) is 1. The molecule has 0 aliphatic carbocycles. The molecule has 1 fully saturated rings. The van der Waals surface area contributed by atoms with E-state index in [1.807, 2.05) is 0 Å². The number of hydrogen-bond acceptors (Lipinski definition) is 5. The van der Waals surface area contributed by atoms with Crippen molar-refractivity contribution in [1.29, 1.82) is 0 Å². The maximum absolute atomic E-state index is 13.2. The summed E-state index contributed by atoms with van der Waals surface area (Å²) in [5.41, 5.74) is 1.27. The van der Waals surface area contributed by atoms with E-state index in [4.69, 9.17) is 4.42 Å². The van der Waals surface area contributed by atoms with Crippen LogP contribution in [0.15, 0.2) is 45.9 Å². The second kappa shape index (κ2) is 8.84. The molecular weight excluding hydrogens is 418 g/mol. The SMILES string of the molecule is CC(=O)N1c2ccc(S(=O)(=O)N3CCCCCC3)cc2C[C@@H]1C(=O)NCc1ccco1. The lowest BCUT2D eigenvalue weighted by Crippen LogP contribution is -2.47. The van der Waals surface area contributed by atoms with Crippen LogP contribution < -0.4 is 10.2 Å². The highest BCUT2D eigenvalue weighted by molar-refractivity contribution is 7.89. The molecule has 2 aliphatic heterocycles. The molecule has 166 valence electrons. The molecule has 1 saturated heterocycles. The second-order valence-corrected chi connectivity index (χ2v) is 9.95. The molecule has 9 heteroatoms. The highest BCUT2D eigenvalue weighted by Gasteiger charge is 2.38. The zero-order chi connectivity index (χ0) is 22.0. The lowest BCUT2D eigenvalue weighted by Gasteiger charge is -2.23. The van der Waals surface area contributed by atoms with Gasteiger partial charge in [0, 0.05) is 32.1 Å². The molecule has 1 aromatic carbocycles. The Kier molecular flexibility index (Phi) is 6.15. The third-order valence-electron chi connectivity index (χ3n) is 5.90. The Labute approximate surface area is 182 Å². The van der Waals surface area contributed by atoms with Crippen LogP contribution >= 0.6 is 0 Å². The Morgan fingerprint density at radius 3 is 2.52 bits per heavy atom. The first-order chi connectivity index (χ1) is 14.9. The van der Waals surface area contributed by atoms with Crippen molar-refractivity contribution in [3.8, 4) is 0 Å². The van der Waals surface area contributed by atoms with Crippen LogP contribution in [0.3, 0.4) is 0 Å². The summed E-state index contributed by atoms with van der Waals surface area (Å²) in [5.74, 6) is 0.0452. The number of anilines is 1. The van der Waals surface area contributed by atoms with E-state index in [1.54, 1.807) is 28.6 Å². The number of fused-ring (bicyclic) bond motifs is 1. The largest absolute Gasteiger partial charge is 0.467 e. The van der Waals surface area contributed by atoms with Gasteiger partial charge in [0.05, 0.1) is 17.7 Å². The smallest absolute Gasteiger partial charge is 0.243 e. The van der Waals surface area contributed by atoms with E-state index in [9.17, 15) is 18.0 Å². The Bertz CT molecular complexity index is 1060. The van der Waals surface area contributed by atoms with Crippen LogP contribution in [0.25, 0.3) is 0 Å². The number of carbonyl (C=O) groups excluding carboxylic acids is 2. The minimum atomic E-state index is -3.61. The number of sulfonamides is 1. The van der Waals surface area contributed by atoms with E-state index < -0.39 is 16.1 Å². The van der Waals surface area contributed by atoms with Gasteiger partial charge in [-0.2, -0.15) is 4.31 Å². The molecule has 2 amide bonds. The molecule has 1 aromatic heterocycles. The first kappa shape index (κ1) is 21.6. The van der Waals surface area contributed by atoms with Gasteiger partial charge in [-0.15, -0.1) is 0 Å². The summed E-state index contributed by atoms with van der Waals surface area (Å²) in [5, 5.41) is 2.80. The fourth-order valence-corrected chi connectivity index (χ4v) is 5.89. The van der Waals surface area contributed by atoms with Crippen molar-refractivity contribution in [1.82, 2.24) is 9.62 Å². The summed E-state index contributed by atoms with van der Waals surface area (Å²) >= 11 is 0. The van der Waals surface area contributed by atoms with Gasteiger partial charge in [-0.25, -0.2) is 8.42 Å². The van der Waals surface area contributed by atoms with E-state index in [0.29, 0.717) is 30.1 Å². The fraction of sp³-hybridized carbons (Fsp3) is 0.455. The van der Waals surface area contributed by atoms with Crippen LogP contribution in [0.5, 0.6) is 0 Å². The van der Waals surface area contributed by atoms with Gasteiger partial charge < -0.3 is 9.73 Å². The van der Waals surface area contributed by atoms with Crippen molar-refractivity contribution in [2.24, 2.45) is 0 Å². The summed E-state index contributed by atoms with van der Waals surface area (Å²) in [6, 6.07) is 7.57. The zero-order valence-corrected chi connectivity index (χ0v) is 18.4. The number of furan rings is 1. The third kappa shape index (κ3) is 4.38. The number of nitrogens with one attached hydrogen (secondary N) is 1. The van der Waals surface area contributed by atoms with Gasteiger partial charge in [-0.1, -0.05) is 12.8 Å². The Morgan fingerprint density at radius 2 is 1.87 bits per heavy atom. The molecule has 1 atom stereocenters. The van der Waals surface area contributed by atoms with E-state index in [1.165, 1.54) is 24.2 Å². The minimum absolute atomic E-state index is 0.216. The summed E-state index contributed by atoms with van der Waals surface area (Å²) in [6.45, 7) is 2.68. The molecule has 31 heavy (non-hydrogen) atoms. The number of rotatable bonds is 5. The van der Waals surface area contributed by atoms with Crippen molar-refractivity contribution in [2.75, 3.05) is 18.0 Å². The molecule has 0 spiro atoms. The molecule has 0 saturated carbocycles. The highest BCUT2D eigenvalue weighted by Crippen LogP contribution is 2.35. The topological polar surface area (TPSA) is 99.9 Å². The second-order valence-electron chi connectivity index (χ2n) is 8.01. The van der Waals surface area contributed by atoms with Crippen LogP contribution in [0.1, 0.15) is 43.9 Å². The van der Waals surface area contributed by atoms with Gasteiger partial charge in [-0.05, 0) is 48.7 Å². The van der Waals surface area contributed by atoms with Crippen LogP contribution in [0, 0.1) is 0 Å². The monoisotopic (exact) mass is 445 g/mol. The molecular formula is C22H27N3O5S. The minimum Gasteiger partial charge on any atom is -0.467 e. The van der Waals surface area contributed by atoms with Crippen molar-refractivity contribution in [3.05, 3.63) is 47.9 Å². The van der Waals surface area contributed by atoms with Gasteiger partial charge in [0.2, 0.25) is 21.8 Å². The number of nitrogens with zero attached hydrogens (tertiary/aromatic N) is 2. The average molecular weight is 446 g/mol. The first-order valence-electron chi connectivity index (χ1n) is 10.6. The number of amides is 2. The summed E-state index contributed by atoms with van der Waals surface area (Å²) < 4.78 is 33.1. The molecule has 3 heterocycles. The summed E-state index contributed by atoms with van der Waals surface area (Å²) in [4.78, 5) is 26.8. The molecule has 8 nitrogen and oxygen atoms in total. The number of carbonyl (C=O) groups is 2. The molecule has 4 rings (SSSR count). The molecule has 2 aromatic rings. The van der Waals surface area contributed by atoms with Crippen molar-refractivity contribution in [2.45, 2.75) is 56.5 Å².